The molecule has 0 aromatic carbocycles. The molecule has 8 heteroatoms. The molecule has 1 fully saturated rings. The number of anilines is 2. The predicted octanol–water partition coefficient (Wildman–Crippen LogP) is -0.213. The normalized spacial score (nSPS) is 27.5. The van der Waals surface area contributed by atoms with E-state index in [1.807, 2.05) is 5.73 Å². The van der Waals surface area contributed by atoms with E-state index >= 15 is 0 Å². The first-order valence-corrected chi connectivity index (χ1v) is 6.03. The fraction of sp³-hybridized carbons (Fsp3) is 0.545. The molecule has 3 atom stereocenters. The Bertz CT molecular complexity index is 492. The smallest absolute Gasteiger partial charge is 0.254 e. The summed E-state index contributed by atoms with van der Waals surface area (Å²) < 4.78 is 20.9. The highest BCUT2D eigenvalue weighted by atomic mass is 19.1. The lowest BCUT2D eigenvalue weighted by atomic mass is 9.89. The van der Waals surface area contributed by atoms with Crippen LogP contribution < -0.4 is 22.5 Å². The van der Waals surface area contributed by atoms with Gasteiger partial charge in [-0.2, -0.15) is 4.98 Å². The Labute approximate surface area is 111 Å². The highest BCUT2D eigenvalue weighted by molar-refractivity contribution is 5.96. The van der Waals surface area contributed by atoms with Gasteiger partial charge in [-0.25, -0.2) is 9.37 Å². The predicted molar refractivity (Wildman–Crippen MR) is 69.1 cm³/mol. The number of primary amides is 1. The van der Waals surface area contributed by atoms with E-state index < -0.39 is 18.1 Å². The number of carbonyl (C=O) groups is 1. The van der Waals surface area contributed by atoms with Gasteiger partial charge < -0.3 is 22.5 Å². The maximum absolute atomic E-state index is 13.8. The minimum Gasteiger partial charge on any atom is -0.383 e. The van der Waals surface area contributed by atoms with Gasteiger partial charge in [0.15, 0.2) is 1.41 Å². The van der Waals surface area contributed by atoms with Crippen molar-refractivity contribution in [2.24, 2.45) is 11.5 Å². The van der Waals surface area contributed by atoms with Gasteiger partial charge in [0.2, 0.25) is 5.95 Å². The summed E-state index contributed by atoms with van der Waals surface area (Å²) in [5, 5.41) is 2.82. The van der Waals surface area contributed by atoms with Gasteiger partial charge in [-0.3, -0.25) is 4.79 Å². The average Bonchev–Trinajstić information content (AvgIpc) is 2.42. The zero-order valence-corrected chi connectivity index (χ0v) is 10.3. The molecule has 2 rings (SSSR count). The molecule has 1 aromatic rings. The number of nitrogen functional groups attached to an aromatic ring is 1. The van der Waals surface area contributed by atoms with Crippen LogP contribution >= 0.6 is 0 Å². The van der Waals surface area contributed by atoms with Crippen molar-refractivity contribution in [2.75, 3.05) is 11.0 Å². The zero-order chi connectivity index (χ0) is 14.7. The van der Waals surface area contributed by atoms with E-state index in [9.17, 15) is 9.18 Å². The molecule has 1 saturated carbocycles. The number of rotatable bonds is 4. The van der Waals surface area contributed by atoms with Gasteiger partial charge >= 0.3 is 0 Å². The summed E-state index contributed by atoms with van der Waals surface area (Å²) in [6.45, 7) is 0. The van der Waals surface area contributed by atoms with Crippen LogP contribution in [-0.4, -0.2) is 34.1 Å². The Balaban J connectivity index is 2.19. The standard InChI is InChI=1S/C11H17FN6O/c12-6-2-1-3-7(13)8(6)17-11-16-4-5(10(15)19)9(14)18-11/h4,6-8H,1-3,13H2,(H2,15,19)(H3,14,16,17,18)/i/hT. The third kappa shape index (κ3) is 2.90. The van der Waals surface area contributed by atoms with Crippen molar-refractivity contribution in [1.29, 1.82) is 0 Å². The SMILES string of the molecule is [3H]Nc1nc(NC2C(N)CCCC2F)ncc1C(N)=O. The zero-order valence-electron chi connectivity index (χ0n) is 11.3. The number of nitrogens with one attached hydrogen (secondary N) is 1. The van der Waals surface area contributed by atoms with Crippen LogP contribution in [0.2, 0.25) is 1.41 Å². The molecule has 19 heavy (non-hydrogen) atoms. The summed E-state index contributed by atoms with van der Waals surface area (Å²) in [5.74, 6) is -0.673. The highest BCUT2D eigenvalue weighted by Gasteiger charge is 2.31. The van der Waals surface area contributed by atoms with Gasteiger partial charge in [0.1, 0.15) is 12.0 Å². The fourth-order valence-electron chi connectivity index (χ4n) is 2.15. The minimum absolute atomic E-state index is 0.00436. The topological polar surface area (TPSA) is 133 Å². The highest BCUT2D eigenvalue weighted by Crippen LogP contribution is 2.23. The Morgan fingerprint density at radius 2 is 2.37 bits per heavy atom. The second-order valence-electron chi connectivity index (χ2n) is 4.60. The number of nitrogens with two attached hydrogens (primary N) is 3. The maximum Gasteiger partial charge on any atom is 0.254 e. The van der Waals surface area contributed by atoms with E-state index in [1.54, 1.807) is 0 Å². The van der Waals surface area contributed by atoms with Gasteiger partial charge in [-0.1, -0.05) is 0 Å². The summed E-state index contributed by atoms with van der Waals surface area (Å²) in [4.78, 5) is 18.9. The lowest BCUT2D eigenvalue weighted by Crippen LogP contribution is -2.49. The van der Waals surface area contributed by atoms with Gasteiger partial charge in [0, 0.05) is 12.2 Å². The van der Waals surface area contributed by atoms with E-state index in [-0.39, 0.29) is 23.4 Å². The van der Waals surface area contributed by atoms with Crippen molar-refractivity contribution in [1.82, 2.24) is 9.97 Å². The third-order valence-electron chi connectivity index (χ3n) is 3.22. The molecule has 7 N–H and O–H groups in total. The van der Waals surface area contributed by atoms with Crippen molar-refractivity contribution >= 4 is 17.7 Å². The molecule has 1 heterocycles. The number of hydrogen-bond donors (Lipinski definition) is 4. The van der Waals surface area contributed by atoms with Crippen molar-refractivity contribution in [2.45, 2.75) is 37.5 Å². The summed E-state index contributed by atoms with van der Waals surface area (Å²) in [6.07, 6.45) is 2.03. The quantitative estimate of drug-likeness (QED) is 0.598. The number of amides is 1. The van der Waals surface area contributed by atoms with Crippen molar-refractivity contribution < 1.29 is 10.6 Å². The second kappa shape index (κ2) is 5.35. The molecule has 7 nitrogen and oxygen atoms in total. The third-order valence-corrected chi connectivity index (χ3v) is 3.22. The molecule has 0 aliphatic heterocycles. The first-order chi connectivity index (χ1) is 9.52. The Morgan fingerprint density at radius 3 is 3.00 bits per heavy atom. The Hall–Kier alpha value is -1.96. The second-order valence-corrected chi connectivity index (χ2v) is 4.60. The number of carbonyl (C=O) groups excluding carboxylic acids is 1. The fourth-order valence-corrected chi connectivity index (χ4v) is 2.15. The van der Waals surface area contributed by atoms with Gasteiger partial charge in [-0.15, -0.1) is 0 Å². The first kappa shape index (κ1) is 12.1. The van der Waals surface area contributed by atoms with Crippen molar-refractivity contribution in [3.05, 3.63) is 11.8 Å². The lowest BCUT2D eigenvalue weighted by molar-refractivity contribution is 0.100. The minimum atomic E-state index is -1.08. The van der Waals surface area contributed by atoms with E-state index in [0.717, 1.165) is 12.8 Å². The van der Waals surface area contributed by atoms with Crippen LogP contribution in [0.5, 0.6) is 0 Å². The van der Waals surface area contributed by atoms with Crippen molar-refractivity contribution in [3.63, 3.8) is 0 Å². The summed E-state index contributed by atoms with van der Waals surface area (Å²) in [7, 11) is 0. The van der Waals surface area contributed by atoms with Crippen LogP contribution in [0, 0.1) is 0 Å². The van der Waals surface area contributed by atoms with Gasteiger partial charge in [-0.05, 0) is 19.3 Å². The summed E-state index contributed by atoms with van der Waals surface area (Å²) in [6, 6.07) is -0.910. The largest absolute Gasteiger partial charge is 0.383 e. The van der Waals surface area contributed by atoms with Crippen LogP contribution in [0.25, 0.3) is 0 Å². The van der Waals surface area contributed by atoms with Crippen LogP contribution in [0.3, 0.4) is 0 Å². The van der Waals surface area contributed by atoms with Crippen LogP contribution in [0.1, 0.15) is 29.6 Å². The number of halogens is 1. The molecule has 0 bridgehead atoms. The molecule has 3 unspecified atom stereocenters. The van der Waals surface area contributed by atoms with E-state index in [2.05, 4.69) is 15.3 Å². The molecule has 0 saturated heterocycles. The van der Waals surface area contributed by atoms with Crippen LogP contribution in [0.4, 0.5) is 16.2 Å². The van der Waals surface area contributed by atoms with E-state index in [0.29, 0.717) is 6.42 Å². The Morgan fingerprint density at radius 1 is 1.58 bits per heavy atom. The number of hydrogen-bond acceptors (Lipinski definition) is 6. The van der Waals surface area contributed by atoms with Gasteiger partial charge in [0.05, 0.1) is 11.6 Å². The molecule has 1 aliphatic carbocycles. The molecular formula is C11H17FN6O. The molecular weight excluding hydrogens is 251 g/mol. The molecule has 0 radical (unpaired) electrons. The van der Waals surface area contributed by atoms with E-state index in [4.69, 9.17) is 12.9 Å². The van der Waals surface area contributed by atoms with Crippen LogP contribution in [-0.2, 0) is 0 Å². The number of aromatic nitrogens is 2. The average molecular weight is 270 g/mol. The van der Waals surface area contributed by atoms with E-state index in [1.165, 1.54) is 6.20 Å². The molecule has 1 aliphatic rings. The number of alkyl halides is 1. The maximum atomic E-state index is 13.8. The lowest BCUT2D eigenvalue weighted by Gasteiger charge is -2.32. The first-order valence-electron chi connectivity index (χ1n) is 6.53. The summed E-state index contributed by atoms with van der Waals surface area (Å²) >= 11 is 0. The van der Waals surface area contributed by atoms with Crippen molar-refractivity contribution in [3.8, 4) is 0 Å². The molecule has 1 aromatic heterocycles. The molecule has 0 spiro atoms. The van der Waals surface area contributed by atoms with Gasteiger partial charge in [0.25, 0.3) is 5.91 Å². The van der Waals surface area contributed by atoms with Crippen LogP contribution in [0.15, 0.2) is 6.20 Å². The molecule has 104 valence electrons. The molecule has 1 amide bonds. The Kier molecular flexibility index (Phi) is 3.41. The monoisotopic (exact) mass is 270 g/mol. The summed E-state index contributed by atoms with van der Waals surface area (Å²) in [5.41, 5.74) is 13.0. The number of nitrogens with zero attached hydrogens (tertiary/aromatic N) is 2.